The van der Waals surface area contributed by atoms with E-state index in [9.17, 15) is 4.39 Å². The molecule has 1 rings (SSSR count). The summed E-state index contributed by atoms with van der Waals surface area (Å²) >= 11 is 0. The minimum Gasteiger partial charge on any atom is -0.325 e. The molecule has 0 bridgehead atoms. The molecule has 2 heteroatoms. The Labute approximate surface area is 74.5 Å². The summed E-state index contributed by atoms with van der Waals surface area (Å²) in [7, 11) is 0. The van der Waals surface area contributed by atoms with Crippen LogP contribution >= 0.6 is 0 Å². The third-order valence-electron chi connectivity index (χ3n) is 2.85. The largest absolute Gasteiger partial charge is 0.325 e. The van der Waals surface area contributed by atoms with Gasteiger partial charge in [0.25, 0.3) is 0 Å². The predicted octanol–water partition coefficient (Wildman–Crippen LogP) is 2.64. The summed E-state index contributed by atoms with van der Waals surface area (Å²) in [4.78, 5) is 0. The first kappa shape index (κ1) is 9.97. The minimum absolute atomic E-state index is 0.243. The summed E-state index contributed by atoms with van der Waals surface area (Å²) in [5, 5.41) is 0. The maximum atomic E-state index is 13.5. The molecular weight excluding hydrogens is 153 g/mol. The molecule has 0 aromatic rings. The van der Waals surface area contributed by atoms with E-state index in [0.29, 0.717) is 0 Å². The van der Waals surface area contributed by atoms with E-state index in [1.165, 1.54) is 25.7 Å². The van der Waals surface area contributed by atoms with E-state index in [1.807, 2.05) is 0 Å². The molecule has 1 aliphatic carbocycles. The van der Waals surface area contributed by atoms with Crippen LogP contribution < -0.4 is 5.73 Å². The zero-order chi connectivity index (χ0) is 8.97. The Balaban J connectivity index is 2.37. The molecule has 0 aromatic heterocycles. The van der Waals surface area contributed by atoms with Crippen molar-refractivity contribution in [3.63, 3.8) is 0 Å². The van der Waals surface area contributed by atoms with Crippen LogP contribution in [0.5, 0.6) is 0 Å². The van der Waals surface area contributed by atoms with Gasteiger partial charge in [0, 0.05) is 6.04 Å². The highest BCUT2D eigenvalue weighted by atomic mass is 19.1. The Morgan fingerprint density at radius 2 is 1.67 bits per heavy atom. The molecule has 2 unspecified atom stereocenters. The second-order valence-electron chi connectivity index (χ2n) is 4.06. The standard InChI is InChI=1S/C10H20FN/c1-8(12)10(11)9-6-4-2-3-5-7-9/h8-10H,2-7,12H2,1H3. The van der Waals surface area contributed by atoms with Crippen molar-refractivity contribution in [1.29, 1.82) is 0 Å². The van der Waals surface area contributed by atoms with Crippen LogP contribution in [0.4, 0.5) is 4.39 Å². The first-order valence-electron chi connectivity index (χ1n) is 5.11. The molecule has 0 saturated heterocycles. The quantitative estimate of drug-likeness (QED) is 0.638. The first-order valence-corrected chi connectivity index (χ1v) is 5.11. The molecule has 1 aliphatic rings. The van der Waals surface area contributed by atoms with Crippen molar-refractivity contribution < 1.29 is 4.39 Å². The Bertz CT molecular complexity index is 117. The van der Waals surface area contributed by atoms with E-state index < -0.39 is 6.17 Å². The van der Waals surface area contributed by atoms with Crippen LogP contribution in [-0.4, -0.2) is 12.2 Å². The van der Waals surface area contributed by atoms with E-state index >= 15 is 0 Å². The van der Waals surface area contributed by atoms with Crippen LogP contribution in [0, 0.1) is 5.92 Å². The Hall–Kier alpha value is -0.110. The lowest BCUT2D eigenvalue weighted by atomic mass is 9.91. The smallest absolute Gasteiger partial charge is 0.118 e. The maximum Gasteiger partial charge on any atom is 0.118 e. The van der Waals surface area contributed by atoms with Crippen LogP contribution in [-0.2, 0) is 0 Å². The zero-order valence-electron chi connectivity index (χ0n) is 7.93. The van der Waals surface area contributed by atoms with Crippen LogP contribution in [0.1, 0.15) is 45.4 Å². The van der Waals surface area contributed by atoms with Gasteiger partial charge in [-0.2, -0.15) is 0 Å². The van der Waals surface area contributed by atoms with Gasteiger partial charge < -0.3 is 5.73 Å². The zero-order valence-corrected chi connectivity index (χ0v) is 7.93. The molecule has 0 aliphatic heterocycles. The van der Waals surface area contributed by atoms with E-state index in [1.54, 1.807) is 6.92 Å². The van der Waals surface area contributed by atoms with Gasteiger partial charge in [0.05, 0.1) is 0 Å². The van der Waals surface area contributed by atoms with Gasteiger partial charge >= 0.3 is 0 Å². The van der Waals surface area contributed by atoms with Gasteiger partial charge in [0.15, 0.2) is 0 Å². The molecule has 1 saturated carbocycles. The van der Waals surface area contributed by atoms with Crippen molar-refractivity contribution in [3.8, 4) is 0 Å². The van der Waals surface area contributed by atoms with Crippen molar-refractivity contribution in [2.45, 2.75) is 57.7 Å². The maximum absolute atomic E-state index is 13.5. The third-order valence-corrected chi connectivity index (χ3v) is 2.85. The van der Waals surface area contributed by atoms with E-state index in [4.69, 9.17) is 5.73 Å². The van der Waals surface area contributed by atoms with Crippen LogP contribution in [0.3, 0.4) is 0 Å². The molecule has 2 N–H and O–H groups in total. The van der Waals surface area contributed by atoms with Gasteiger partial charge in [-0.05, 0) is 25.7 Å². The van der Waals surface area contributed by atoms with Crippen molar-refractivity contribution in [1.82, 2.24) is 0 Å². The number of alkyl halides is 1. The van der Waals surface area contributed by atoms with Crippen molar-refractivity contribution in [3.05, 3.63) is 0 Å². The lowest BCUT2D eigenvalue weighted by Crippen LogP contribution is -2.34. The Kier molecular flexibility index (Phi) is 3.99. The normalized spacial score (nSPS) is 26.2. The molecule has 0 radical (unpaired) electrons. The number of hydrogen-bond donors (Lipinski definition) is 1. The molecule has 72 valence electrons. The summed E-state index contributed by atoms with van der Waals surface area (Å²) in [5.74, 6) is 0.243. The lowest BCUT2D eigenvalue weighted by molar-refractivity contribution is 0.181. The molecule has 1 nitrogen and oxygen atoms in total. The summed E-state index contributed by atoms with van der Waals surface area (Å²) in [6.07, 6.45) is 6.26. The fraction of sp³-hybridized carbons (Fsp3) is 1.00. The predicted molar refractivity (Wildman–Crippen MR) is 49.7 cm³/mol. The highest BCUT2D eigenvalue weighted by Crippen LogP contribution is 2.27. The fourth-order valence-electron chi connectivity index (χ4n) is 2.06. The summed E-state index contributed by atoms with van der Waals surface area (Å²) < 4.78 is 13.5. The number of rotatable bonds is 2. The Morgan fingerprint density at radius 1 is 1.17 bits per heavy atom. The van der Waals surface area contributed by atoms with Crippen LogP contribution in [0.15, 0.2) is 0 Å². The Morgan fingerprint density at radius 3 is 2.08 bits per heavy atom. The number of nitrogens with two attached hydrogens (primary N) is 1. The van der Waals surface area contributed by atoms with Gasteiger partial charge in [-0.3, -0.25) is 0 Å². The van der Waals surface area contributed by atoms with Gasteiger partial charge in [-0.25, -0.2) is 4.39 Å². The van der Waals surface area contributed by atoms with Crippen molar-refractivity contribution in [2.24, 2.45) is 11.7 Å². The van der Waals surface area contributed by atoms with E-state index in [-0.39, 0.29) is 12.0 Å². The highest BCUT2D eigenvalue weighted by molar-refractivity contribution is 4.78. The first-order chi connectivity index (χ1) is 5.72. The fourth-order valence-corrected chi connectivity index (χ4v) is 2.06. The van der Waals surface area contributed by atoms with Crippen molar-refractivity contribution >= 4 is 0 Å². The topological polar surface area (TPSA) is 26.0 Å². The molecule has 12 heavy (non-hydrogen) atoms. The summed E-state index contributed by atoms with van der Waals surface area (Å²) in [6, 6.07) is -0.284. The molecule has 1 fully saturated rings. The SMILES string of the molecule is CC(N)C(F)C1CCCCCC1. The summed E-state index contributed by atoms with van der Waals surface area (Å²) in [5.41, 5.74) is 5.54. The van der Waals surface area contributed by atoms with Gasteiger partial charge in [-0.15, -0.1) is 0 Å². The molecule has 2 atom stereocenters. The third kappa shape index (κ3) is 2.74. The molecule has 0 aromatic carbocycles. The van der Waals surface area contributed by atoms with Gasteiger partial charge in [0.1, 0.15) is 6.17 Å². The summed E-state index contributed by atoms with van der Waals surface area (Å²) in [6.45, 7) is 1.77. The number of halogens is 1. The molecular formula is C10H20FN. The average Bonchev–Trinajstić information content (AvgIpc) is 2.30. The lowest BCUT2D eigenvalue weighted by Gasteiger charge is -2.21. The highest BCUT2D eigenvalue weighted by Gasteiger charge is 2.24. The van der Waals surface area contributed by atoms with Gasteiger partial charge in [-0.1, -0.05) is 25.7 Å². The molecule has 0 amide bonds. The van der Waals surface area contributed by atoms with Crippen LogP contribution in [0.25, 0.3) is 0 Å². The molecule has 0 heterocycles. The minimum atomic E-state index is -0.775. The van der Waals surface area contributed by atoms with E-state index in [2.05, 4.69) is 0 Å². The van der Waals surface area contributed by atoms with Crippen molar-refractivity contribution in [2.75, 3.05) is 0 Å². The average molecular weight is 173 g/mol. The van der Waals surface area contributed by atoms with E-state index in [0.717, 1.165) is 12.8 Å². The van der Waals surface area contributed by atoms with Gasteiger partial charge in [0.2, 0.25) is 0 Å². The monoisotopic (exact) mass is 173 g/mol. The van der Waals surface area contributed by atoms with Crippen LogP contribution in [0.2, 0.25) is 0 Å². The second kappa shape index (κ2) is 4.80. The molecule has 0 spiro atoms. The second-order valence-corrected chi connectivity index (χ2v) is 4.06. The number of hydrogen-bond acceptors (Lipinski definition) is 1.